The predicted molar refractivity (Wildman–Crippen MR) is 100 cm³/mol. The highest BCUT2D eigenvalue weighted by molar-refractivity contribution is 7.90. The van der Waals surface area contributed by atoms with Gasteiger partial charge in [0.2, 0.25) is 10.0 Å². The average molecular weight is 382 g/mol. The largest absolute Gasteiger partial charge is 0.497 e. The third-order valence-electron chi connectivity index (χ3n) is 3.61. The highest BCUT2D eigenvalue weighted by atomic mass is 32.2. The van der Waals surface area contributed by atoms with Crippen LogP contribution in [-0.4, -0.2) is 47.0 Å². The van der Waals surface area contributed by atoms with Crippen LogP contribution in [0, 0.1) is 0 Å². The Balaban J connectivity index is 0.000000209. The van der Waals surface area contributed by atoms with Crippen LogP contribution in [0.4, 0.5) is 0 Å². The van der Waals surface area contributed by atoms with Crippen molar-refractivity contribution >= 4 is 10.0 Å². The van der Waals surface area contributed by atoms with Crippen LogP contribution in [-0.2, 0) is 10.0 Å². The van der Waals surface area contributed by atoms with Crippen molar-refractivity contribution < 1.29 is 13.2 Å². The van der Waals surface area contributed by atoms with Crippen LogP contribution in [0.1, 0.15) is 52.3 Å². The van der Waals surface area contributed by atoms with Gasteiger partial charge < -0.3 is 4.74 Å². The van der Waals surface area contributed by atoms with Crippen molar-refractivity contribution in [2.75, 3.05) is 7.11 Å². The van der Waals surface area contributed by atoms with E-state index in [1.165, 1.54) is 4.80 Å². The fourth-order valence-corrected chi connectivity index (χ4v) is 3.69. The standard InChI is InChI=1S/C11H14N4O.C6H13NO2S/c1-8(2)11-12-14-15(13-11)9-4-6-10(16-3)7-5-9;1-5(2)7-10(8,9)6-3-4-6/h4-8H,1-3H3;5-7H,3-4H2,1-2H3. The van der Waals surface area contributed by atoms with Crippen LogP contribution in [0.15, 0.2) is 24.3 Å². The molecular weight excluding hydrogens is 354 g/mol. The third kappa shape index (κ3) is 5.77. The Bertz CT molecular complexity index is 796. The number of tetrazole rings is 1. The zero-order valence-corrected chi connectivity index (χ0v) is 16.7. The minimum atomic E-state index is -2.94. The van der Waals surface area contributed by atoms with E-state index in [9.17, 15) is 8.42 Å². The number of benzene rings is 1. The highest BCUT2D eigenvalue weighted by Crippen LogP contribution is 2.27. The van der Waals surface area contributed by atoms with Crippen molar-refractivity contribution in [3.63, 3.8) is 0 Å². The van der Waals surface area contributed by atoms with E-state index in [0.29, 0.717) is 0 Å². The van der Waals surface area contributed by atoms with Crippen LogP contribution in [0.5, 0.6) is 5.75 Å². The number of methoxy groups -OCH3 is 1. The van der Waals surface area contributed by atoms with Gasteiger partial charge in [0.25, 0.3) is 0 Å². The van der Waals surface area contributed by atoms with E-state index >= 15 is 0 Å². The molecule has 0 amide bonds. The lowest BCUT2D eigenvalue weighted by molar-refractivity contribution is 0.414. The molecule has 0 unspecified atom stereocenters. The molecule has 1 fully saturated rings. The van der Waals surface area contributed by atoms with E-state index in [4.69, 9.17) is 4.74 Å². The Morgan fingerprint density at radius 2 is 1.77 bits per heavy atom. The van der Waals surface area contributed by atoms with Crippen LogP contribution in [0.25, 0.3) is 5.69 Å². The number of nitrogens with zero attached hydrogens (tertiary/aromatic N) is 4. The fourth-order valence-electron chi connectivity index (χ4n) is 2.08. The van der Waals surface area contributed by atoms with Crippen LogP contribution in [0.2, 0.25) is 0 Å². The Kier molecular flexibility index (Phi) is 6.71. The first-order chi connectivity index (χ1) is 12.2. The quantitative estimate of drug-likeness (QED) is 0.824. The SMILES string of the molecule is CC(C)NS(=O)(=O)C1CC1.COc1ccc(-n2nnc(C(C)C)n2)cc1. The molecule has 0 aliphatic heterocycles. The van der Waals surface area contributed by atoms with Crippen molar-refractivity contribution in [2.45, 2.75) is 57.7 Å². The molecule has 2 aromatic rings. The van der Waals surface area contributed by atoms with Gasteiger partial charge in [-0.25, -0.2) is 13.1 Å². The smallest absolute Gasteiger partial charge is 0.214 e. The summed E-state index contributed by atoms with van der Waals surface area (Å²) in [4.78, 5) is 1.52. The summed E-state index contributed by atoms with van der Waals surface area (Å²) < 4.78 is 29.8. The van der Waals surface area contributed by atoms with E-state index in [2.05, 4.69) is 20.1 Å². The zero-order valence-electron chi connectivity index (χ0n) is 15.9. The monoisotopic (exact) mass is 381 g/mol. The van der Waals surface area contributed by atoms with Gasteiger partial charge in [0, 0.05) is 12.0 Å². The second kappa shape index (κ2) is 8.59. The molecule has 144 valence electrons. The molecule has 1 aromatic heterocycles. The minimum Gasteiger partial charge on any atom is -0.497 e. The van der Waals surface area contributed by atoms with E-state index in [1.807, 2.05) is 52.0 Å². The highest BCUT2D eigenvalue weighted by Gasteiger charge is 2.35. The normalized spacial score (nSPS) is 14.3. The van der Waals surface area contributed by atoms with Crippen molar-refractivity contribution in [1.82, 2.24) is 24.9 Å². The molecule has 3 rings (SSSR count). The lowest BCUT2D eigenvalue weighted by atomic mass is 10.2. The van der Waals surface area contributed by atoms with E-state index < -0.39 is 10.0 Å². The summed E-state index contributed by atoms with van der Waals surface area (Å²) in [6.45, 7) is 7.74. The number of ether oxygens (including phenoxy) is 1. The molecule has 0 spiro atoms. The number of hydrogen-bond acceptors (Lipinski definition) is 6. The third-order valence-corrected chi connectivity index (χ3v) is 5.76. The Hall–Kier alpha value is -2.00. The molecule has 1 aromatic carbocycles. The van der Waals surface area contributed by atoms with Crippen molar-refractivity contribution in [3.05, 3.63) is 30.1 Å². The predicted octanol–water partition coefficient (Wildman–Crippen LogP) is 2.27. The van der Waals surface area contributed by atoms with Gasteiger partial charge in [-0.2, -0.15) is 0 Å². The molecule has 8 nitrogen and oxygen atoms in total. The summed E-state index contributed by atoms with van der Waals surface area (Å²) in [5.74, 6) is 1.84. The second-order valence-corrected chi connectivity index (χ2v) is 8.80. The van der Waals surface area contributed by atoms with Gasteiger partial charge in [-0.1, -0.05) is 13.8 Å². The molecule has 0 radical (unpaired) electrons. The number of hydrogen-bond donors (Lipinski definition) is 1. The van der Waals surface area contributed by atoms with Crippen LogP contribution < -0.4 is 9.46 Å². The van der Waals surface area contributed by atoms with Gasteiger partial charge in [-0.3, -0.25) is 0 Å². The number of aromatic nitrogens is 4. The van der Waals surface area contributed by atoms with E-state index in [1.54, 1.807) is 7.11 Å². The van der Waals surface area contributed by atoms with Crippen molar-refractivity contribution in [2.24, 2.45) is 0 Å². The van der Waals surface area contributed by atoms with Gasteiger partial charge in [0.1, 0.15) is 5.75 Å². The summed E-state index contributed by atoms with van der Waals surface area (Å²) in [6.07, 6.45) is 1.67. The van der Waals surface area contributed by atoms with Gasteiger partial charge >= 0.3 is 0 Å². The molecule has 0 atom stereocenters. The Morgan fingerprint density at radius 1 is 1.15 bits per heavy atom. The first-order valence-electron chi connectivity index (χ1n) is 8.68. The van der Waals surface area contributed by atoms with Crippen molar-refractivity contribution in [1.29, 1.82) is 0 Å². The van der Waals surface area contributed by atoms with Crippen LogP contribution in [0.3, 0.4) is 0 Å². The zero-order chi connectivity index (χ0) is 19.3. The number of sulfonamides is 1. The lowest BCUT2D eigenvalue weighted by Gasteiger charge is -2.07. The topological polar surface area (TPSA) is 99.0 Å². The van der Waals surface area contributed by atoms with Crippen molar-refractivity contribution in [3.8, 4) is 11.4 Å². The maximum absolute atomic E-state index is 11.1. The first-order valence-corrected chi connectivity index (χ1v) is 10.2. The number of nitrogens with one attached hydrogen (secondary N) is 1. The first kappa shape index (κ1) is 20.3. The molecule has 1 N–H and O–H groups in total. The van der Waals surface area contributed by atoms with Crippen LogP contribution >= 0.6 is 0 Å². The Labute approximate surface area is 155 Å². The molecule has 0 bridgehead atoms. The summed E-state index contributed by atoms with van der Waals surface area (Å²) in [5.41, 5.74) is 0.875. The second-order valence-electron chi connectivity index (χ2n) is 6.81. The number of rotatable bonds is 6. The molecular formula is C17H27N5O3S. The summed E-state index contributed by atoms with van der Waals surface area (Å²) in [7, 11) is -1.30. The minimum absolute atomic E-state index is 0.0330. The molecule has 26 heavy (non-hydrogen) atoms. The van der Waals surface area contributed by atoms with Gasteiger partial charge in [-0.15, -0.1) is 15.0 Å². The summed E-state index contributed by atoms with van der Waals surface area (Å²) >= 11 is 0. The van der Waals surface area contributed by atoms with E-state index in [-0.39, 0.29) is 17.2 Å². The fraction of sp³-hybridized carbons (Fsp3) is 0.588. The Morgan fingerprint density at radius 3 is 2.19 bits per heavy atom. The van der Waals surface area contributed by atoms with Gasteiger partial charge in [0.15, 0.2) is 5.82 Å². The van der Waals surface area contributed by atoms with E-state index in [0.717, 1.165) is 30.1 Å². The maximum Gasteiger partial charge on any atom is 0.214 e. The van der Waals surface area contributed by atoms with Gasteiger partial charge in [-0.05, 0) is 56.2 Å². The molecule has 1 aliphatic carbocycles. The molecule has 1 saturated carbocycles. The molecule has 0 saturated heterocycles. The summed E-state index contributed by atoms with van der Waals surface area (Å²) in [5, 5.41) is 12.2. The lowest BCUT2D eigenvalue weighted by Crippen LogP contribution is -2.32. The molecule has 1 aliphatic rings. The maximum atomic E-state index is 11.1. The van der Waals surface area contributed by atoms with Gasteiger partial charge in [0.05, 0.1) is 18.0 Å². The summed E-state index contributed by atoms with van der Waals surface area (Å²) in [6, 6.07) is 7.56. The molecule has 9 heteroatoms. The average Bonchev–Trinajstić information content (AvgIpc) is 3.33. The molecule has 1 heterocycles.